The second-order valence-electron chi connectivity index (χ2n) is 8.55. The highest BCUT2D eigenvalue weighted by atomic mass is 32.2. The fourth-order valence-corrected chi connectivity index (χ4v) is 3.64. The second-order valence-corrected chi connectivity index (χ2v) is 10.2. The van der Waals surface area contributed by atoms with Gasteiger partial charge in [0.25, 0.3) is 5.91 Å². The number of aromatic nitrogens is 2. The Bertz CT molecular complexity index is 1170. The molecule has 15 heteroatoms. The Morgan fingerprint density at radius 1 is 1.18 bits per heavy atom. The summed E-state index contributed by atoms with van der Waals surface area (Å²) in [5.41, 5.74) is -0.237. The van der Waals surface area contributed by atoms with Gasteiger partial charge in [-0.2, -0.15) is 18.2 Å². The zero-order valence-electron chi connectivity index (χ0n) is 21.4. The molecule has 1 aromatic carbocycles. The number of primary sulfonamides is 1. The van der Waals surface area contributed by atoms with Crippen molar-refractivity contribution in [2.75, 3.05) is 44.3 Å². The van der Waals surface area contributed by atoms with E-state index in [9.17, 15) is 26.4 Å². The molecule has 1 heterocycles. The average molecular weight is 563 g/mol. The van der Waals surface area contributed by atoms with E-state index in [4.69, 9.17) is 9.47 Å². The van der Waals surface area contributed by atoms with Crippen molar-refractivity contribution in [2.45, 2.75) is 44.3 Å². The molecule has 1 aromatic heterocycles. The van der Waals surface area contributed by atoms with Crippen molar-refractivity contribution in [3.63, 3.8) is 0 Å². The number of hydrogen-bond donors (Lipinski definition) is 4. The summed E-state index contributed by atoms with van der Waals surface area (Å²) in [6.45, 7) is 0.700. The highest BCUT2D eigenvalue weighted by molar-refractivity contribution is 7.88. The summed E-state index contributed by atoms with van der Waals surface area (Å²) in [4.78, 5) is 20.3. The number of benzene rings is 1. The van der Waals surface area contributed by atoms with Crippen LogP contribution in [0.4, 0.5) is 30.6 Å². The molecule has 0 saturated heterocycles. The molecule has 3 rings (SSSR count). The van der Waals surface area contributed by atoms with Crippen molar-refractivity contribution in [1.29, 1.82) is 0 Å². The number of carbonyl (C=O) groups is 1. The Kier molecular flexibility index (Phi) is 11.5. The minimum absolute atomic E-state index is 0.0449. The number of methoxy groups -OCH3 is 2. The number of alkyl halides is 3. The van der Waals surface area contributed by atoms with Crippen molar-refractivity contribution in [3.05, 3.63) is 35.5 Å². The average Bonchev–Trinajstić information content (AvgIpc) is 2.83. The normalized spacial score (nSPS) is 14.2. The Balaban J connectivity index is 0.000000926. The minimum Gasteiger partial charge on any atom is -0.495 e. The van der Waals surface area contributed by atoms with Gasteiger partial charge >= 0.3 is 6.18 Å². The molecule has 2 aromatic rings. The van der Waals surface area contributed by atoms with Crippen molar-refractivity contribution < 1.29 is 35.9 Å². The van der Waals surface area contributed by atoms with Crippen LogP contribution in [0.5, 0.6) is 5.75 Å². The largest absolute Gasteiger partial charge is 0.495 e. The number of ether oxygens (including phenoxy) is 2. The summed E-state index contributed by atoms with van der Waals surface area (Å²) in [6, 6.07) is 4.61. The Hall–Kier alpha value is -3.17. The molecule has 0 unspecified atom stereocenters. The second kappa shape index (κ2) is 14.1. The summed E-state index contributed by atoms with van der Waals surface area (Å²) in [5, 5.41) is 12.9. The van der Waals surface area contributed by atoms with Crippen LogP contribution in [-0.4, -0.2) is 64.0 Å². The van der Waals surface area contributed by atoms with Gasteiger partial charge in [0.15, 0.2) is 0 Å². The standard InChI is InChI=1S/C22H28F3N5O3.CH5NO2S/c1-32-11-10-26-20(31)14-8-9-18(33-2)17(12-14)29-21-27-13-16(22(23,24)25)19(30-21)28-15-6-4-3-5-7-15;1-5(2,3)4/h8-9,12-13,15H,3-7,10-11H2,1-2H3,(H,26,31)(H2,27,28,29,30);1H3,(H2,2,3,4). The maximum absolute atomic E-state index is 13.5. The zero-order chi connectivity index (χ0) is 28.3. The van der Waals surface area contributed by atoms with Gasteiger partial charge in [-0.05, 0) is 31.0 Å². The van der Waals surface area contributed by atoms with Crippen LogP contribution in [0.3, 0.4) is 0 Å². The lowest BCUT2D eigenvalue weighted by molar-refractivity contribution is -0.137. The quantitative estimate of drug-likeness (QED) is 0.337. The summed E-state index contributed by atoms with van der Waals surface area (Å²) < 4.78 is 69.7. The van der Waals surface area contributed by atoms with Crippen LogP contribution in [0.2, 0.25) is 0 Å². The third-order valence-corrected chi connectivity index (χ3v) is 5.34. The number of rotatable bonds is 9. The molecular formula is C23H33F3N6O5S. The first kappa shape index (κ1) is 31.1. The van der Waals surface area contributed by atoms with Gasteiger partial charge in [0, 0.05) is 31.5 Å². The topological polar surface area (TPSA) is 158 Å². The Labute approximate surface area is 219 Å². The smallest absolute Gasteiger partial charge is 0.421 e. The molecule has 0 radical (unpaired) electrons. The Morgan fingerprint density at radius 2 is 1.84 bits per heavy atom. The third kappa shape index (κ3) is 10.7. The number of anilines is 3. The van der Waals surface area contributed by atoms with E-state index in [2.05, 4.69) is 31.1 Å². The third-order valence-electron chi connectivity index (χ3n) is 5.34. The van der Waals surface area contributed by atoms with Gasteiger partial charge in [-0.15, -0.1) is 0 Å². The van der Waals surface area contributed by atoms with E-state index in [0.29, 0.717) is 30.2 Å². The number of sulfonamides is 1. The molecule has 0 bridgehead atoms. The van der Waals surface area contributed by atoms with Crippen molar-refractivity contribution >= 4 is 33.4 Å². The van der Waals surface area contributed by atoms with Crippen LogP contribution in [0, 0.1) is 0 Å². The van der Waals surface area contributed by atoms with Crippen molar-refractivity contribution in [3.8, 4) is 5.75 Å². The molecule has 1 aliphatic carbocycles. The van der Waals surface area contributed by atoms with Crippen molar-refractivity contribution in [2.24, 2.45) is 5.14 Å². The number of nitrogens with zero attached hydrogens (tertiary/aromatic N) is 2. The van der Waals surface area contributed by atoms with E-state index in [-0.39, 0.29) is 23.7 Å². The lowest BCUT2D eigenvalue weighted by atomic mass is 9.95. The SMILES string of the molecule is COCCNC(=O)c1ccc(OC)c(Nc2ncc(C(F)(F)F)c(NC3CCCCC3)n2)c1.CS(N)(=O)=O. The lowest BCUT2D eigenvalue weighted by Gasteiger charge is -2.25. The molecule has 1 saturated carbocycles. The predicted octanol–water partition coefficient (Wildman–Crippen LogP) is 3.27. The van der Waals surface area contributed by atoms with E-state index in [1.807, 2.05) is 0 Å². The maximum atomic E-state index is 13.5. The highest BCUT2D eigenvalue weighted by Crippen LogP contribution is 2.36. The van der Waals surface area contributed by atoms with Gasteiger partial charge in [-0.1, -0.05) is 19.3 Å². The molecule has 11 nitrogen and oxygen atoms in total. The van der Waals surface area contributed by atoms with Gasteiger partial charge in [-0.3, -0.25) is 4.79 Å². The highest BCUT2D eigenvalue weighted by Gasteiger charge is 2.36. The van der Waals surface area contributed by atoms with Gasteiger partial charge in [0.2, 0.25) is 16.0 Å². The Morgan fingerprint density at radius 3 is 2.42 bits per heavy atom. The van der Waals surface area contributed by atoms with Crippen LogP contribution < -0.4 is 25.8 Å². The van der Waals surface area contributed by atoms with Crippen LogP contribution in [0.1, 0.15) is 48.0 Å². The fourth-order valence-electron chi connectivity index (χ4n) is 3.64. The van der Waals surface area contributed by atoms with Gasteiger partial charge in [0.05, 0.1) is 25.7 Å². The van der Waals surface area contributed by atoms with E-state index < -0.39 is 21.8 Å². The summed E-state index contributed by atoms with van der Waals surface area (Å²) >= 11 is 0. The van der Waals surface area contributed by atoms with Gasteiger partial charge in [0.1, 0.15) is 17.1 Å². The van der Waals surface area contributed by atoms with Crippen LogP contribution in [-0.2, 0) is 20.9 Å². The molecule has 0 atom stereocenters. The van der Waals surface area contributed by atoms with Gasteiger partial charge in [-0.25, -0.2) is 18.5 Å². The zero-order valence-corrected chi connectivity index (χ0v) is 22.2. The summed E-state index contributed by atoms with van der Waals surface area (Å²) in [7, 11) is -0.189. The number of carbonyl (C=O) groups excluding carboxylic acids is 1. The molecule has 0 spiro atoms. The summed E-state index contributed by atoms with van der Waals surface area (Å²) in [6.07, 6.45) is 1.69. The monoisotopic (exact) mass is 562 g/mol. The number of halogens is 3. The first-order chi connectivity index (χ1) is 17.8. The first-order valence-electron chi connectivity index (χ1n) is 11.7. The molecule has 38 heavy (non-hydrogen) atoms. The maximum Gasteiger partial charge on any atom is 0.421 e. The number of hydrogen-bond acceptors (Lipinski definition) is 9. The molecular weight excluding hydrogens is 529 g/mol. The lowest BCUT2D eigenvalue weighted by Crippen LogP contribution is -2.27. The number of nitrogens with two attached hydrogens (primary N) is 1. The molecule has 1 amide bonds. The van der Waals surface area contributed by atoms with Gasteiger partial charge < -0.3 is 25.4 Å². The molecule has 1 aliphatic rings. The number of amides is 1. The predicted molar refractivity (Wildman–Crippen MR) is 137 cm³/mol. The summed E-state index contributed by atoms with van der Waals surface area (Å²) in [5.74, 6) is -0.254. The fraction of sp³-hybridized carbons (Fsp3) is 0.522. The number of nitrogens with one attached hydrogen (secondary N) is 3. The van der Waals surface area contributed by atoms with Crippen LogP contribution in [0.25, 0.3) is 0 Å². The molecule has 5 N–H and O–H groups in total. The minimum atomic E-state index is -4.59. The van der Waals surface area contributed by atoms with E-state index in [0.717, 1.165) is 44.6 Å². The first-order valence-corrected chi connectivity index (χ1v) is 13.7. The van der Waals surface area contributed by atoms with Crippen LogP contribution in [0.15, 0.2) is 24.4 Å². The molecule has 1 fully saturated rings. The van der Waals surface area contributed by atoms with E-state index in [1.54, 1.807) is 12.1 Å². The van der Waals surface area contributed by atoms with Crippen LogP contribution >= 0.6 is 0 Å². The van der Waals surface area contributed by atoms with Crippen molar-refractivity contribution in [1.82, 2.24) is 15.3 Å². The molecule has 0 aliphatic heterocycles. The van der Waals surface area contributed by atoms with E-state index in [1.165, 1.54) is 20.3 Å². The van der Waals surface area contributed by atoms with E-state index >= 15 is 0 Å². The molecule has 212 valence electrons.